The van der Waals surface area contributed by atoms with Crippen LogP contribution in [0.2, 0.25) is 0 Å². The molecule has 0 bridgehead atoms. The maximum Gasteiger partial charge on any atom is 2.00 e. The van der Waals surface area contributed by atoms with E-state index in [9.17, 15) is 0 Å². The maximum atomic E-state index is 6.89. The third-order valence-corrected chi connectivity index (χ3v) is 8.72. The molecule has 0 atom stereocenters. The van der Waals surface area contributed by atoms with E-state index in [1.807, 2.05) is 54.2 Å². The zero-order valence-electron chi connectivity index (χ0n) is 15.2. The molecule has 0 aromatic heterocycles. The van der Waals surface area contributed by atoms with Crippen LogP contribution in [0.1, 0.15) is 0 Å². The van der Waals surface area contributed by atoms with Crippen molar-refractivity contribution in [2.75, 3.05) is 18.8 Å². The Kier molecular flexibility index (Phi) is 10.5. The van der Waals surface area contributed by atoms with E-state index in [0.717, 1.165) is 12.3 Å². The predicted octanol–water partition coefficient (Wildman–Crippen LogP) is 5.63. The van der Waals surface area contributed by atoms with Crippen LogP contribution < -0.4 is 15.9 Å². The van der Waals surface area contributed by atoms with Gasteiger partial charge in [-0.05, 0) is 30.7 Å². The van der Waals surface area contributed by atoms with Gasteiger partial charge in [0, 0.05) is 23.7 Å². The smallest absolute Gasteiger partial charge is 0.313 e. The van der Waals surface area contributed by atoms with E-state index in [4.69, 9.17) is 23.2 Å². The average molecular weight is 535 g/mol. The molecule has 0 radical (unpaired) electrons. The van der Waals surface area contributed by atoms with Gasteiger partial charge in [-0.25, -0.2) is 0 Å². The summed E-state index contributed by atoms with van der Waals surface area (Å²) in [4.78, 5) is 1.28. The van der Waals surface area contributed by atoms with Crippen LogP contribution >= 0.6 is 42.9 Å². The van der Waals surface area contributed by atoms with Crippen molar-refractivity contribution in [3.05, 3.63) is 91.0 Å². The Morgan fingerprint density at radius 3 is 1.71 bits per heavy atom. The van der Waals surface area contributed by atoms with Crippen LogP contribution in [0, 0.1) is 0 Å². The van der Waals surface area contributed by atoms with Crippen molar-refractivity contribution in [1.29, 1.82) is 0 Å². The average Bonchev–Trinajstić information content (AvgIpc) is 2.70. The Balaban J connectivity index is 0.00000280. The molecule has 3 aromatic rings. The van der Waals surface area contributed by atoms with Gasteiger partial charge >= 0.3 is 19.5 Å². The van der Waals surface area contributed by atoms with Crippen molar-refractivity contribution < 1.29 is 19.5 Å². The summed E-state index contributed by atoms with van der Waals surface area (Å²) in [6.07, 6.45) is 0. The first-order valence-corrected chi connectivity index (χ1v) is 11.9. The summed E-state index contributed by atoms with van der Waals surface area (Å²) in [5.74, 6) is 0.975. The molecule has 0 aliphatic carbocycles. The Labute approximate surface area is 196 Å². The first-order valence-electron chi connectivity index (χ1n) is 8.83. The van der Waals surface area contributed by atoms with Gasteiger partial charge in [0.05, 0.1) is 0 Å². The van der Waals surface area contributed by atoms with E-state index in [-0.39, 0.29) is 19.5 Å². The molecule has 0 saturated heterocycles. The second-order valence-electron chi connectivity index (χ2n) is 6.01. The summed E-state index contributed by atoms with van der Waals surface area (Å²) in [6, 6.07) is 31.1. The van der Waals surface area contributed by atoms with Crippen LogP contribution in [-0.4, -0.2) is 22.9 Å². The van der Waals surface area contributed by atoms with Crippen LogP contribution in [-0.2, 0) is 19.5 Å². The predicted molar refractivity (Wildman–Crippen MR) is 124 cm³/mol. The molecule has 0 fully saturated rings. The monoisotopic (exact) mass is 535 g/mol. The molecule has 1 nitrogen and oxygen atoms in total. The largest absolute Gasteiger partial charge is 2.00 e. The van der Waals surface area contributed by atoms with Crippen molar-refractivity contribution in [3.63, 3.8) is 0 Å². The van der Waals surface area contributed by atoms with Gasteiger partial charge in [0.25, 0.3) is 0 Å². The summed E-state index contributed by atoms with van der Waals surface area (Å²) in [5, 5.41) is 5.82. The maximum absolute atomic E-state index is 6.89. The van der Waals surface area contributed by atoms with Crippen LogP contribution in [0.25, 0.3) is 0 Å². The molecule has 0 aliphatic heterocycles. The van der Waals surface area contributed by atoms with E-state index in [2.05, 4.69) is 53.8 Å². The number of rotatable bonds is 9. The molecular weight excluding hydrogens is 513 g/mol. The second-order valence-corrected chi connectivity index (χ2v) is 11.7. The Hall–Kier alpha value is -0.397. The molecule has 0 saturated carbocycles. The van der Waals surface area contributed by atoms with Crippen molar-refractivity contribution in [2.45, 2.75) is 8.97 Å². The Morgan fingerprint density at radius 1 is 0.750 bits per heavy atom. The molecule has 6 heteroatoms. The van der Waals surface area contributed by atoms with Crippen LogP contribution in [0.5, 0.6) is 0 Å². The topological polar surface area (TPSA) is 12.0 Å². The molecule has 1 N–H and O–H groups in total. The van der Waals surface area contributed by atoms with Gasteiger partial charge in [0.1, 0.15) is 0 Å². The normalized spacial score (nSPS) is 11.2. The molecule has 146 valence electrons. The molecule has 3 rings (SSSR count). The van der Waals surface area contributed by atoms with E-state index in [1.54, 1.807) is 0 Å². The van der Waals surface area contributed by atoms with Crippen LogP contribution in [0.4, 0.5) is 0 Å². The molecule has 0 aliphatic rings. The van der Waals surface area contributed by atoms with E-state index in [1.165, 1.54) is 15.5 Å². The van der Waals surface area contributed by atoms with Crippen molar-refractivity contribution >= 4 is 53.5 Å². The number of hydrogen-bond acceptors (Lipinski definition) is 2. The summed E-state index contributed by atoms with van der Waals surface area (Å²) >= 11 is 15.6. The molecule has 3 aromatic carbocycles. The standard InChI is InChI=1S/C22H22Cl2NPS.Ru/c23-22(24,18-25-16-17-27-21-14-8-3-9-15-21)26(19-10-4-1-5-11-19)20-12-6-2-7-13-20;/h1-15,25H,16-18H2;/q;+2. The first kappa shape index (κ1) is 23.9. The second kappa shape index (κ2) is 12.3. The first-order chi connectivity index (χ1) is 13.2. The number of hydrogen-bond donors (Lipinski definition) is 1. The van der Waals surface area contributed by atoms with Gasteiger partial charge in [-0.2, -0.15) is 0 Å². The van der Waals surface area contributed by atoms with Crippen LogP contribution in [0.15, 0.2) is 95.9 Å². The Morgan fingerprint density at radius 2 is 1.21 bits per heavy atom. The fraction of sp³-hybridized carbons (Fsp3) is 0.182. The van der Waals surface area contributed by atoms with Gasteiger partial charge in [0.2, 0.25) is 0 Å². The number of halogens is 2. The summed E-state index contributed by atoms with van der Waals surface area (Å²) in [6.45, 7) is 1.40. The van der Waals surface area contributed by atoms with E-state index < -0.39 is 12.0 Å². The SMILES string of the molecule is ClC(Cl)(CNCCSc1ccccc1)P(c1ccccc1)c1ccccc1.[Ru+2]. The molecule has 0 spiro atoms. The number of nitrogens with one attached hydrogen (secondary N) is 1. The number of alkyl halides is 2. The third kappa shape index (κ3) is 7.14. The van der Waals surface area contributed by atoms with Gasteiger partial charge in [-0.15, -0.1) is 11.8 Å². The number of thioether (sulfide) groups is 1. The van der Waals surface area contributed by atoms with Crippen LogP contribution in [0.3, 0.4) is 0 Å². The molecule has 0 heterocycles. The Bertz CT molecular complexity index is 767. The van der Waals surface area contributed by atoms with Gasteiger partial charge in [-0.1, -0.05) is 102 Å². The molecule has 0 unspecified atom stereocenters. The minimum atomic E-state index is -0.897. The fourth-order valence-corrected chi connectivity index (χ4v) is 7.21. The zero-order chi connectivity index (χ0) is 19.0. The van der Waals surface area contributed by atoms with Gasteiger partial charge in [-0.3, -0.25) is 0 Å². The molecule has 28 heavy (non-hydrogen) atoms. The zero-order valence-corrected chi connectivity index (χ0v) is 20.2. The van der Waals surface area contributed by atoms with Crippen molar-refractivity contribution in [3.8, 4) is 0 Å². The summed E-state index contributed by atoms with van der Waals surface area (Å²) < 4.78 is -0.880. The van der Waals surface area contributed by atoms with Gasteiger partial charge in [0.15, 0.2) is 4.07 Å². The number of benzene rings is 3. The van der Waals surface area contributed by atoms with Crippen molar-refractivity contribution in [2.24, 2.45) is 0 Å². The quantitative estimate of drug-likeness (QED) is 0.125. The minimum Gasteiger partial charge on any atom is -0.313 e. The van der Waals surface area contributed by atoms with Gasteiger partial charge < -0.3 is 5.32 Å². The summed E-state index contributed by atoms with van der Waals surface area (Å²) in [5.41, 5.74) is 0. The van der Waals surface area contributed by atoms with E-state index >= 15 is 0 Å². The minimum absolute atomic E-state index is 0. The van der Waals surface area contributed by atoms with E-state index in [0.29, 0.717) is 6.54 Å². The third-order valence-electron chi connectivity index (χ3n) is 3.98. The summed E-state index contributed by atoms with van der Waals surface area (Å²) in [7, 11) is -0.897. The molecular formula is C22H22Cl2NPRuS+2. The fourth-order valence-electron chi connectivity index (χ4n) is 2.76. The van der Waals surface area contributed by atoms with Crippen molar-refractivity contribution in [1.82, 2.24) is 5.32 Å². The molecule has 0 amide bonds.